The Labute approximate surface area is 152 Å². The molecule has 1 N–H and O–H groups in total. The number of nitrogens with one attached hydrogen (secondary N) is 1. The van der Waals surface area contributed by atoms with Crippen LogP contribution >= 0.6 is 11.8 Å². The van der Waals surface area contributed by atoms with E-state index in [2.05, 4.69) is 10.2 Å². The summed E-state index contributed by atoms with van der Waals surface area (Å²) in [5.74, 6) is -2.55. The maximum atomic E-state index is 12.4. The van der Waals surface area contributed by atoms with Crippen LogP contribution in [0.25, 0.3) is 0 Å². The molecule has 0 aromatic heterocycles. The van der Waals surface area contributed by atoms with Gasteiger partial charge in [-0.25, -0.2) is 0 Å². The molecule has 1 aliphatic carbocycles. The van der Waals surface area contributed by atoms with Gasteiger partial charge >= 0.3 is 0 Å². The van der Waals surface area contributed by atoms with Crippen LogP contribution in [0.4, 0.5) is 8.78 Å². The van der Waals surface area contributed by atoms with Gasteiger partial charge in [0, 0.05) is 35.6 Å². The Hall–Kier alpha value is -1.14. The number of carbonyl (C=O) groups excluding carboxylic acids is 1. The molecule has 3 rings (SSSR count). The number of nitrogens with zero attached hydrogens (tertiary/aromatic N) is 1. The number of alkyl halides is 2. The molecule has 1 aromatic carbocycles. The van der Waals surface area contributed by atoms with Gasteiger partial charge in [-0.05, 0) is 43.5 Å². The molecule has 0 bridgehead atoms. The molecule has 0 spiro atoms. The molecule has 25 heavy (non-hydrogen) atoms. The number of hydrogen-bond donors (Lipinski definition) is 1. The third kappa shape index (κ3) is 5.42. The molecule has 3 nitrogen and oxygen atoms in total. The lowest BCUT2D eigenvalue weighted by Gasteiger charge is -2.26. The van der Waals surface area contributed by atoms with Crippen LogP contribution in [0, 0.1) is 0 Å². The van der Waals surface area contributed by atoms with Gasteiger partial charge in [-0.3, -0.25) is 9.69 Å². The largest absolute Gasteiger partial charge is 0.348 e. The summed E-state index contributed by atoms with van der Waals surface area (Å²) in [5.41, 5.74) is 0.534. The first-order valence-corrected chi connectivity index (χ1v) is 10.1. The summed E-state index contributed by atoms with van der Waals surface area (Å²) >= 11 is 0.498. The van der Waals surface area contributed by atoms with Crippen LogP contribution in [-0.2, 0) is 0 Å². The van der Waals surface area contributed by atoms with Crippen molar-refractivity contribution in [2.75, 3.05) is 13.1 Å². The fraction of sp³-hybridized carbons (Fsp3) is 0.632. The fourth-order valence-electron chi connectivity index (χ4n) is 3.92. The van der Waals surface area contributed by atoms with Gasteiger partial charge < -0.3 is 5.32 Å². The highest BCUT2D eigenvalue weighted by Crippen LogP contribution is 2.26. The van der Waals surface area contributed by atoms with Crippen LogP contribution in [0.1, 0.15) is 55.3 Å². The van der Waals surface area contributed by atoms with Crippen LogP contribution in [0.2, 0.25) is 0 Å². The van der Waals surface area contributed by atoms with E-state index in [1.807, 2.05) is 0 Å². The number of likely N-dealkylation sites (tertiary alicyclic amines) is 1. The summed E-state index contributed by atoms with van der Waals surface area (Å²) in [6, 6.07) is 7.27. The van der Waals surface area contributed by atoms with Crippen LogP contribution in [0.5, 0.6) is 0 Å². The Kier molecular flexibility index (Phi) is 6.70. The van der Waals surface area contributed by atoms with Gasteiger partial charge in [0.2, 0.25) is 0 Å². The molecular weight excluding hydrogens is 342 g/mol. The second-order valence-electron chi connectivity index (χ2n) is 7.00. The monoisotopic (exact) mass is 368 g/mol. The van der Waals surface area contributed by atoms with E-state index in [4.69, 9.17) is 0 Å². The lowest BCUT2D eigenvalue weighted by molar-refractivity contribution is 0.0935. The van der Waals surface area contributed by atoms with Crippen molar-refractivity contribution in [2.45, 2.75) is 67.7 Å². The number of halogens is 2. The van der Waals surface area contributed by atoms with Crippen molar-refractivity contribution in [2.24, 2.45) is 0 Å². The minimum absolute atomic E-state index is 0.110. The predicted molar refractivity (Wildman–Crippen MR) is 97.2 cm³/mol. The number of benzene rings is 1. The Morgan fingerprint density at radius 2 is 1.76 bits per heavy atom. The van der Waals surface area contributed by atoms with Gasteiger partial charge in [-0.1, -0.05) is 37.4 Å². The van der Waals surface area contributed by atoms with Crippen molar-refractivity contribution in [1.29, 1.82) is 0 Å². The van der Waals surface area contributed by atoms with E-state index >= 15 is 0 Å². The van der Waals surface area contributed by atoms with Gasteiger partial charge in [0.05, 0.1) is 0 Å². The first-order chi connectivity index (χ1) is 12.1. The Morgan fingerprint density at radius 3 is 2.40 bits per heavy atom. The van der Waals surface area contributed by atoms with E-state index < -0.39 is 5.76 Å². The zero-order chi connectivity index (χ0) is 17.6. The molecular formula is C19H26F2N2OS. The summed E-state index contributed by atoms with van der Waals surface area (Å²) in [5, 5.41) is 3.10. The molecule has 1 atom stereocenters. The zero-order valence-corrected chi connectivity index (χ0v) is 15.2. The summed E-state index contributed by atoms with van der Waals surface area (Å²) in [6.07, 6.45) is 8.90. The number of hydrogen-bond acceptors (Lipinski definition) is 3. The van der Waals surface area contributed by atoms with Gasteiger partial charge in [-0.2, -0.15) is 8.78 Å². The van der Waals surface area contributed by atoms with E-state index in [0.717, 1.165) is 19.5 Å². The van der Waals surface area contributed by atoms with Crippen molar-refractivity contribution in [3.8, 4) is 0 Å². The molecule has 1 aromatic rings. The Bertz CT molecular complexity index is 559. The van der Waals surface area contributed by atoms with Crippen molar-refractivity contribution in [3.63, 3.8) is 0 Å². The minimum atomic E-state index is -2.44. The summed E-state index contributed by atoms with van der Waals surface area (Å²) in [4.78, 5) is 15.4. The van der Waals surface area contributed by atoms with Crippen LogP contribution in [0.3, 0.4) is 0 Å². The van der Waals surface area contributed by atoms with Crippen molar-refractivity contribution < 1.29 is 13.6 Å². The minimum Gasteiger partial charge on any atom is -0.348 e. The normalized spacial score (nSPS) is 22.9. The molecule has 1 saturated heterocycles. The predicted octanol–water partition coefficient (Wildman–Crippen LogP) is 4.53. The van der Waals surface area contributed by atoms with Gasteiger partial charge in [0.1, 0.15) is 0 Å². The number of thioether (sulfide) groups is 1. The van der Waals surface area contributed by atoms with Crippen molar-refractivity contribution in [3.05, 3.63) is 29.8 Å². The highest BCUT2D eigenvalue weighted by atomic mass is 32.2. The average molecular weight is 368 g/mol. The van der Waals surface area contributed by atoms with Crippen LogP contribution in [-0.4, -0.2) is 41.7 Å². The van der Waals surface area contributed by atoms with Crippen LogP contribution in [0.15, 0.2) is 29.2 Å². The zero-order valence-electron chi connectivity index (χ0n) is 14.4. The summed E-state index contributed by atoms with van der Waals surface area (Å²) in [7, 11) is 0. The van der Waals surface area contributed by atoms with Crippen molar-refractivity contribution in [1.82, 2.24) is 10.2 Å². The lowest BCUT2D eigenvalue weighted by Crippen LogP contribution is -2.39. The van der Waals surface area contributed by atoms with Gasteiger partial charge in [-0.15, -0.1) is 0 Å². The summed E-state index contributed by atoms with van der Waals surface area (Å²) < 4.78 is 24.7. The molecule has 6 heteroatoms. The van der Waals surface area contributed by atoms with E-state index in [0.29, 0.717) is 28.3 Å². The second-order valence-corrected chi connectivity index (χ2v) is 8.07. The quantitative estimate of drug-likeness (QED) is 0.612. The molecule has 0 radical (unpaired) electrons. The highest BCUT2D eigenvalue weighted by molar-refractivity contribution is 7.99. The molecule has 1 amide bonds. The SMILES string of the molecule is O=C(NC1CCN(C2CCCCCC2)C1)c1ccc(SC(F)F)cc1. The first-order valence-electron chi connectivity index (χ1n) is 9.21. The molecule has 1 aliphatic heterocycles. The maximum absolute atomic E-state index is 12.4. The molecule has 1 saturated carbocycles. The fourth-order valence-corrected chi connectivity index (χ4v) is 4.42. The number of amides is 1. The highest BCUT2D eigenvalue weighted by Gasteiger charge is 2.29. The standard InChI is InChI=1S/C19H26F2N2OS/c20-19(21)25-17-9-7-14(8-10-17)18(24)22-15-11-12-23(13-15)16-5-3-1-2-4-6-16/h7-10,15-16,19H,1-6,11-13H2,(H,22,24). The first kappa shape index (κ1) is 18.6. The smallest absolute Gasteiger partial charge is 0.288 e. The van der Waals surface area contributed by atoms with E-state index in [1.165, 1.54) is 38.5 Å². The second kappa shape index (κ2) is 8.99. The molecule has 2 aliphatic rings. The number of rotatable bonds is 5. The van der Waals surface area contributed by atoms with E-state index in [-0.39, 0.29) is 11.9 Å². The third-order valence-corrected chi connectivity index (χ3v) is 5.96. The molecule has 2 fully saturated rings. The molecule has 138 valence electrons. The lowest BCUT2D eigenvalue weighted by atomic mass is 10.1. The average Bonchev–Trinajstić information content (AvgIpc) is 2.88. The third-order valence-electron chi connectivity index (χ3n) is 5.24. The van der Waals surface area contributed by atoms with Gasteiger partial charge in [0.25, 0.3) is 11.7 Å². The van der Waals surface area contributed by atoms with E-state index in [9.17, 15) is 13.6 Å². The topological polar surface area (TPSA) is 32.3 Å². The number of carbonyl (C=O) groups is 1. The van der Waals surface area contributed by atoms with Gasteiger partial charge in [0.15, 0.2) is 0 Å². The molecule has 1 unspecified atom stereocenters. The maximum Gasteiger partial charge on any atom is 0.288 e. The van der Waals surface area contributed by atoms with E-state index in [1.54, 1.807) is 24.3 Å². The summed E-state index contributed by atoms with van der Waals surface area (Å²) in [6.45, 7) is 1.98. The Balaban J connectivity index is 1.49. The van der Waals surface area contributed by atoms with Crippen LogP contribution < -0.4 is 5.32 Å². The Morgan fingerprint density at radius 1 is 1.08 bits per heavy atom. The molecule has 1 heterocycles. The van der Waals surface area contributed by atoms with Crippen molar-refractivity contribution >= 4 is 17.7 Å².